The summed E-state index contributed by atoms with van der Waals surface area (Å²) in [5.41, 5.74) is 0.778. The average molecular weight is 368 g/mol. The predicted molar refractivity (Wildman–Crippen MR) is 93.0 cm³/mol. The van der Waals surface area contributed by atoms with E-state index in [1.807, 2.05) is 6.92 Å². The lowest BCUT2D eigenvalue weighted by Gasteiger charge is -2.18. The van der Waals surface area contributed by atoms with E-state index in [1.165, 1.54) is 18.2 Å². The van der Waals surface area contributed by atoms with E-state index in [4.69, 9.17) is 25.8 Å². The summed E-state index contributed by atoms with van der Waals surface area (Å²) in [6.07, 6.45) is 0. The zero-order valence-electron chi connectivity index (χ0n) is 14.1. The highest BCUT2D eigenvalue weighted by atomic mass is 35.5. The molecule has 134 valence electrons. The first-order valence-corrected chi connectivity index (χ1v) is 7.91. The number of hydrogen-bond acceptors (Lipinski definition) is 4. The van der Waals surface area contributed by atoms with E-state index in [0.717, 1.165) is 5.56 Å². The molecule has 0 aliphatic heterocycles. The van der Waals surface area contributed by atoms with Crippen molar-refractivity contribution in [1.29, 1.82) is 0 Å². The topological polar surface area (TPSA) is 56.8 Å². The Hall–Kier alpha value is -2.47. The maximum absolute atomic E-state index is 13.1. The minimum absolute atomic E-state index is 0.0626. The van der Waals surface area contributed by atoms with Crippen molar-refractivity contribution in [3.8, 4) is 17.2 Å². The maximum Gasteiger partial charge on any atom is 0.258 e. The second-order valence-electron chi connectivity index (χ2n) is 5.26. The SMILES string of the molecule is COc1ccc(OC)c([C@@H](C)NC(=O)COc2ccc(F)c(Cl)c2)c1. The summed E-state index contributed by atoms with van der Waals surface area (Å²) in [7, 11) is 3.12. The minimum Gasteiger partial charge on any atom is -0.497 e. The molecule has 0 aliphatic rings. The molecule has 1 atom stereocenters. The highest BCUT2D eigenvalue weighted by Gasteiger charge is 2.15. The van der Waals surface area contributed by atoms with E-state index < -0.39 is 5.82 Å². The summed E-state index contributed by atoms with van der Waals surface area (Å²) in [6.45, 7) is 1.60. The fraction of sp³-hybridized carbons (Fsp3) is 0.278. The van der Waals surface area contributed by atoms with Crippen LogP contribution >= 0.6 is 11.6 Å². The van der Waals surface area contributed by atoms with Crippen molar-refractivity contribution in [2.24, 2.45) is 0 Å². The van der Waals surface area contributed by atoms with Gasteiger partial charge < -0.3 is 19.5 Å². The molecule has 25 heavy (non-hydrogen) atoms. The Morgan fingerprint density at radius 3 is 2.52 bits per heavy atom. The number of rotatable bonds is 7. The smallest absolute Gasteiger partial charge is 0.258 e. The summed E-state index contributed by atoms with van der Waals surface area (Å²) < 4.78 is 28.9. The molecule has 0 spiro atoms. The molecule has 1 amide bonds. The number of carbonyl (C=O) groups is 1. The highest BCUT2D eigenvalue weighted by molar-refractivity contribution is 6.30. The molecule has 0 unspecified atom stereocenters. The van der Waals surface area contributed by atoms with Gasteiger partial charge in [0.2, 0.25) is 0 Å². The Morgan fingerprint density at radius 1 is 1.16 bits per heavy atom. The Balaban J connectivity index is 1.99. The quantitative estimate of drug-likeness (QED) is 0.809. The van der Waals surface area contributed by atoms with Crippen LogP contribution in [0.4, 0.5) is 4.39 Å². The van der Waals surface area contributed by atoms with Crippen molar-refractivity contribution in [1.82, 2.24) is 5.32 Å². The van der Waals surface area contributed by atoms with Crippen molar-refractivity contribution in [3.05, 3.63) is 52.8 Å². The molecule has 0 radical (unpaired) electrons. The molecular formula is C18H19ClFNO4. The number of carbonyl (C=O) groups excluding carboxylic acids is 1. The molecule has 0 fully saturated rings. The van der Waals surface area contributed by atoms with E-state index in [0.29, 0.717) is 17.2 Å². The van der Waals surface area contributed by atoms with Gasteiger partial charge in [-0.15, -0.1) is 0 Å². The Morgan fingerprint density at radius 2 is 1.88 bits per heavy atom. The van der Waals surface area contributed by atoms with Crippen LogP contribution in [0.3, 0.4) is 0 Å². The van der Waals surface area contributed by atoms with Crippen molar-refractivity contribution < 1.29 is 23.4 Å². The molecule has 7 heteroatoms. The lowest BCUT2D eigenvalue weighted by Crippen LogP contribution is -2.31. The summed E-state index contributed by atoms with van der Waals surface area (Å²) >= 11 is 5.67. The maximum atomic E-state index is 13.1. The number of ether oxygens (including phenoxy) is 3. The Kier molecular flexibility index (Phi) is 6.47. The minimum atomic E-state index is -0.544. The van der Waals surface area contributed by atoms with Crippen molar-refractivity contribution in [3.63, 3.8) is 0 Å². The van der Waals surface area contributed by atoms with Crippen molar-refractivity contribution in [2.45, 2.75) is 13.0 Å². The first-order chi connectivity index (χ1) is 11.9. The largest absolute Gasteiger partial charge is 0.497 e. The van der Waals surface area contributed by atoms with Crippen LogP contribution in [-0.2, 0) is 4.79 Å². The molecule has 0 bridgehead atoms. The highest BCUT2D eigenvalue weighted by Crippen LogP contribution is 2.29. The lowest BCUT2D eigenvalue weighted by molar-refractivity contribution is -0.123. The van der Waals surface area contributed by atoms with Crippen LogP contribution in [0.2, 0.25) is 5.02 Å². The van der Waals surface area contributed by atoms with Crippen molar-refractivity contribution in [2.75, 3.05) is 20.8 Å². The molecule has 5 nitrogen and oxygen atoms in total. The summed E-state index contributed by atoms with van der Waals surface area (Å²) in [4.78, 5) is 12.1. The number of nitrogens with one attached hydrogen (secondary N) is 1. The second kappa shape index (κ2) is 8.58. The molecule has 1 N–H and O–H groups in total. The monoisotopic (exact) mass is 367 g/mol. The zero-order valence-corrected chi connectivity index (χ0v) is 14.9. The molecule has 2 rings (SSSR count). The average Bonchev–Trinajstić information content (AvgIpc) is 2.62. The molecule has 0 saturated carbocycles. The van der Waals surface area contributed by atoms with Gasteiger partial charge in [-0.25, -0.2) is 4.39 Å². The van der Waals surface area contributed by atoms with Crippen LogP contribution in [0.25, 0.3) is 0 Å². The van der Waals surface area contributed by atoms with Gasteiger partial charge in [0.1, 0.15) is 23.1 Å². The number of hydrogen-bond donors (Lipinski definition) is 1. The predicted octanol–water partition coefficient (Wildman–Crippen LogP) is 3.75. The second-order valence-corrected chi connectivity index (χ2v) is 5.67. The van der Waals surface area contributed by atoms with E-state index in [9.17, 15) is 9.18 Å². The Bertz CT molecular complexity index is 754. The van der Waals surface area contributed by atoms with Crippen LogP contribution in [-0.4, -0.2) is 26.7 Å². The third kappa shape index (κ3) is 5.00. The molecule has 0 heterocycles. The van der Waals surface area contributed by atoms with Gasteiger partial charge in [0.05, 0.1) is 25.3 Å². The van der Waals surface area contributed by atoms with Crippen LogP contribution in [0.1, 0.15) is 18.5 Å². The molecular weight excluding hydrogens is 349 g/mol. The van der Waals surface area contributed by atoms with Gasteiger partial charge >= 0.3 is 0 Å². The number of amides is 1. The van der Waals surface area contributed by atoms with Gasteiger partial charge in [0.25, 0.3) is 5.91 Å². The Labute approximate surface area is 150 Å². The van der Waals surface area contributed by atoms with E-state index in [2.05, 4.69) is 5.32 Å². The van der Waals surface area contributed by atoms with Crippen molar-refractivity contribution >= 4 is 17.5 Å². The molecule has 0 aliphatic carbocycles. The van der Waals surface area contributed by atoms with Crippen LogP contribution in [0, 0.1) is 5.82 Å². The third-order valence-electron chi connectivity index (χ3n) is 3.54. The van der Waals surface area contributed by atoms with Crippen LogP contribution in [0.5, 0.6) is 17.2 Å². The third-order valence-corrected chi connectivity index (χ3v) is 3.83. The van der Waals surface area contributed by atoms with Gasteiger partial charge in [-0.3, -0.25) is 4.79 Å². The molecule has 0 aromatic heterocycles. The first-order valence-electron chi connectivity index (χ1n) is 7.53. The first kappa shape index (κ1) is 18.9. The number of benzene rings is 2. The number of halogens is 2. The number of methoxy groups -OCH3 is 2. The van der Waals surface area contributed by atoms with E-state index in [-0.39, 0.29) is 23.6 Å². The van der Waals surface area contributed by atoms with Gasteiger partial charge in [-0.05, 0) is 37.3 Å². The van der Waals surface area contributed by atoms with E-state index in [1.54, 1.807) is 32.4 Å². The fourth-order valence-corrected chi connectivity index (χ4v) is 2.42. The summed E-state index contributed by atoms with van der Waals surface area (Å²) in [5.74, 6) is 0.733. The molecule has 0 saturated heterocycles. The standard InChI is InChI=1S/C18H19ClFNO4/c1-11(14-8-12(23-2)5-7-17(14)24-3)21-18(22)10-25-13-4-6-16(20)15(19)9-13/h4-9,11H,10H2,1-3H3,(H,21,22)/t11-/m1/s1. The van der Waals surface area contributed by atoms with Crippen LogP contribution in [0.15, 0.2) is 36.4 Å². The zero-order chi connectivity index (χ0) is 18.4. The fourth-order valence-electron chi connectivity index (χ4n) is 2.25. The van der Waals surface area contributed by atoms with Gasteiger partial charge in [0, 0.05) is 11.6 Å². The van der Waals surface area contributed by atoms with Gasteiger partial charge in [-0.1, -0.05) is 11.6 Å². The summed E-state index contributed by atoms with van der Waals surface area (Å²) in [6, 6.07) is 8.93. The lowest BCUT2D eigenvalue weighted by atomic mass is 10.1. The van der Waals surface area contributed by atoms with Gasteiger partial charge in [-0.2, -0.15) is 0 Å². The summed E-state index contributed by atoms with van der Waals surface area (Å²) in [5, 5.41) is 2.75. The molecule has 2 aromatic carbocycles. The normalized spacial score (nSPS) is 11.6. The van der Waals surface area contributed by atoms with E-state index >= 15 is 0 Å². The van der Waals surface area contributed by atoms with Gasteiger partial charge in [0.15, 0.2) is 6.61 Å². The van der Waals surface area contributed by atoms with Crippen LogP contribution < -0.4 is 19.5 Å². The molecule has 2 aromatic rings.